The lowest BCUT2D eigenvalue weighted by Gasteiger charge is -2.15. The lowest BCUT2D eigenvalue weighted by atomic mass is 10.1. The van der Waals surface area contributed by atoms with E-state index in [-0.39, 0.29) is 33.4 Å². The van der Waals surface area contributed by atoms with E-state index in [1.54, 1.807) is 6.08 Å². The Hall–Kier alpha value is -4.77. The third-order valence-corrected chi connectivity index (χ3v) is 5.96. The maximum Gasteiger partial charge on any atom is 0.573 e. The standard InChI is InChI=1S/C23H15F3N6O4S/c24-23(25,26)36-17-3-5-21(19(11-17)15-7-9-30-31-13-15)35-20-6-4-18(10-16(20)12-27)37(33,34)32-22-2-1-8-28-14-29-22/h1-7,9-11,13-14H,8H2,(H,28,29,32). The molecule has 188 valence electrons. The van der Waals surface area contributed by atoms with Crippen molar-refractivity contribution < 1.29 is 31.1 Å². The average Bonchev–Trinajstić information content (AvgIpc) is 3.13. The normalized spacial score (nSPS) is 14.5. The molecular formula is C23H15F3N6O4S. The van der Waals surface area contributed by atoms with E-state index >= 15 is 0 Å². The number of amidine groups is 1. The maximum atomic E-state index is 12.8. The highest BCUT2D eigenvalue weighted by Gasteiger charge is 2.31. The second-order valence-corrected chi connectivity index (χ2v) is 8.81. The summed E-state index contributed by atoms with van der Waals surface area (Å²) in [5.74, 6) is -0.445. The van der Waals surface area contributed by atoms with Crippen LogP contribution in [-0.4, -0.2) is 43.7 Å². The van der Waals surface area contributed by atoms with E-state index in [1.807, 2.05) is 6.07 Å². The van der Waals surface area contributed by atoms with Crippen LogP contribution in [-0.2, 0) is 10.0 Å². The number of aromatic nitrogens is 2. The highest BCUT2D eigenvalue weighted by atomic mass is 32.2. The van der Waals surface area contributed by atoms with Gasteiger partial charge in [0, 0.05) is 11.1 Å². The molecule has 0 amide bonds. The first-order valence-electron chi connectivity index (χ1n) is 10.3. The van der Waals surface area contributed by atoms with Crippen molar-refractivity contribution in [3.63, 3.8) is 0 Å². The van der Waals surface area contributed by atoms with Gasteiger partial charge in [-0.15, -0.1) is 17.6 Å². The van der Waals surface area contributed by atoms with Crippen LogP contribution in [0.1, 0.15) is 5.56 Å². The molecule has 10 nitrogen and oxygen atoms in total. The smallest absolute Gasteiger partial charge is 0.455 e. The van der Waals surface area contributed by atoms with Crippen LogP contribution in [0.3, 0.4) is 0 Å². The van der Waals surface area contributed by atoms with Gasteiger partial charge in [0.1, 0.15) is 29.2 Å². The Labute approximate surface area is 208 Å². The molecule has 0 atom stereocenters. The van der Waals surface area contributed by atoms with Crippen molar-refractivity contribution in [2.24, 2.45) is 9.39 Å². The molecule has 1 aromatic heterocycles. The fourth-order valence-corrected chi connectivity index (χ4v) is 4.10. The first-order chi connectivity index (χ1) is 17.6. The minimum Gasteiger partial charge on any atom is -0.455 e. The van der Waals surface area contributed by atoms with Gasteiger partial charge in [0.15, 0.2) is 0 Å². The fourth-order valence-electron chi connectivity index (χ4n) is 3.11. The van der Waals surface area contributed by atoms with E-state index < -0.39 is 22.1 Å². The van der Waals surface area contributed by atoms with E-state index in [4.69, 9.17) is 4.74 Å². The topological polar surface area (TPSA) is 139 Å². The largest absolute Gasteiger partial charge is 0.573 e. The van der Waals surface area contributed by atoms with Crippen LogP contribution in [0.5, 0.6) is 17.2 Å². The molecule has 0 unspecified atom stereocenters. The van der Waals surface area contributed by atoms with Gasteiger partial charge in [-0.2, -0.15) is 23.9 Å². The summed E-state index contributed by atoms with van der Waals surface area (Å²) < 4.78 is 77.3. The van der Waals surface area contributed by atoms with Gasteiger partial charge in [-0.25, -0.2) is 0 Å². The van der Waals surface area contributed by atoms with Crippen molar-refractivity contribution in [2.75, 3.05) is 6.54 Å². The minimum absolute atomic E-state index is 0.0388. The lowest BCUT2D eigenvalue weighted by molar-refractivity contribution is -0.274. The van der Waals surface area contributed by atoms with Gasteiger partial charge in [0.05, 0.1) is 35.7 Å². The number of rotatable bonds is 6. The SMILES string of the molecule is N#Cc1cc(S(=O)(=O)N=C2C=CCN=CN2)ccc1Oc1ccc(OC(F)(F)F)cc1-c1ccnnc1. The predicted octanol–water partition coefficient (Wildman–Crippen LogP) is 3.98. The predicted molar refractivity (Wildman–Crippen MR) is 126 cm³/mol. The van der Waals surface area contributed by atoms with Crippen molar-refractivity contribution >= 4 is 22.2 Å². The Morgan fingerprint density at radius 1 is 1.08 bits per heavy atom. The van der Waals surface area contributed by atoms with Crippen LogP contribution in [0.15, 0.2) is 81.3 Å². The molecule has 0 aliphatic carbocycles. The van der Waals surface area contributed by atoms with Crippen LogP contribution in [0.2, 0.25) is 0 Å². The summed E-state index contributed by atoms with van der Waals surface area (Å²) in [5, 5.41) is 19.6. The zero-order valence-electron chi connectivity index (χ0n) is 18.5. The molecule has 0 bridgehead atoms. The number of hydrogen-bond acceptors (Lipinski definition) is 8. The molecule has 1 aliphatic rings. The second kappa shape index (κ2) is 10.5. The van der Waals surface area contributed by atoms with Gasteiger partial charge < -0.3 is 14.8 Å². The molecular weight excluding hydrogens is 513 g/mol. The number of alkyl halides is 3. The van der Waals surface area contributed by atoms with Crippen LogP contribution in [0, 0.1) is 11.3 Å². The molecule has 0 spiro atoms. The first kappa shape index (κ1) is 25.3. The molecule has 2 heterocycles. The summed E-state index contributed by atoms with van der Waals surface area (Å²) in [5.41, 5.74) is 0.372. The number of aliphatic imine (C=N–C) groups is 1. The van der Waals surface area contributed by atoms with Crippen molar-refractivity contribution in [1.82, 2.24) is 15.5 Å². The summed E-state index contributed by atoms with van der Waals surface area (Å²) in [7, 11) is -4.20. The highest BCUT2D eigenvalue weighted by molar-refractivity contribution is 7.90. The number of nitriles is 1. The molecule has 2 aromatic carbocycles. The first-order valence-corrected chi connectivity index (χ1v) is 11.7. The highest BCUT2D eigenvalue weighted by Crippen LogP contribution is 2.38. The van der Waals surface area contributed by atoms with E-state index in [0.717, 1.165) is 18.2 Å². The number of halogens is 3. The zero-order valence-corrected chi connectivity index (χ0v) is 19.4. The molecule has 0 saturated carbocycles. The maximum absolute atomic E-state index is 12.8. The van der Waals surface area contributed by atoms with Gasteiger partial charge in [-0.1, -0.05) is 6.08 Å². The summed E-state index contributed by atoms with van der Waals surface area (Å²) in [6.45, 7) is 0.359. The third-order valence-electron chi connectivity index (χ3n) is 4.68. The number of ether oxygens (including phenoxy) is 2. The molecule has 0 saturated heterocycles. The Bertz CT molecular complexity index is 1550. The number of nitrogens with zero attached hydrogens (tertiary/aromatic N) is 5. The molecule has 14 heteroatoms. The second-order valence-electron chi connectivity index (χ2n) is 7.20. The molecule has 1 N–H and O–H groups in total. The Morgan fingerprint density at radius 3 is 2.62 bits per heavy atom. The summed E-state index contributed by atoms with van der Waals surface area (Å²) >= 11 is 0. The van der Waals surface area contributed by atoms with Crippen LogP contribution in [0.25, 0.3) is 11.1 Å². The quantitative estimate of drug-likeness (QED) is 0.507. The van der Waals surface area contributed by atoms with Crippen molar-refractivity contribution in [3.05, 3.63) is 72.6 Å². The number of sulfonamides is 1. The van der Waals surface area contributed by atoms with E-state index in [1.165, 1.54) is 49.1 Å². The number of benzene rings is 2. The van der Waals surface area contributed by atoms with Crippen molar-refractivity contribution in [2.45, 2.75) is 11.3 Å². The Balaban J connectivity index is 1.70. The zero-order chi connectivity index (χ0) is 26.5. The third kappa shape index (κ3) is 6.47. The van der Waals surface area contributed by atoms with E-state index in [9.17, 15) is 26.9 Å². The average molecular weight is 528 g/mol. The Kier molecular flexibility index (Phi) is 7.16. The molecule has 1 aliphatic heterocycles. The Morgan fingerprint density at radius 2 is 1.89 bits per heavy atom. The van der Waals surface area contributed by atoms with Crippen LogP contribution < -0.4 is 14.8 Å². The van der Waals surface area contributed by atoms with E-state index in [0.29, 0.717) is 12.1 Å². The molecule has 0 radical (unpaired) electrons. The van der Waals surface area contributed by atoms with Gasteiger partial charge in [-0.05, 0) is 48.5 Å². The fraction of sp³-hybridized carbons (Fsp3) is 0.0870. The van der Waals surface area contributed by atoms with Gasteiger partial charge in [0.25, 0.3) is 10.0 Å². The number of hydrogen-bond donors (Lipinski definition) is 1. The minimum atomic E-state index is -4.91. The molecule has 0 fully saturated rings. The molecule has 37 heavy (non-hydrogen) atoms. The van der Waals surface area contributed by atoms with Crippen LogP contribution in [0.4, 0.5) is 13.2 Å². The summed E-state index contributed by atoms with van der Waals surface area (Å²) in [4.78, 5) is 3.65. The molecule has 4 rings (SSSR count). The summed E-state index contributed by atoms with van der Waals surface area (Å²) in [6.07, 6.45) is 2.11. The van der Waals surface area contributed by atoms with Gasteiger partial charge in [0.2, 0.25) is 0 Å². The number of nitrogens with one attached hydrogen (secondary N) is 1. The van der Waals surface area contributed by atoms with Gasteiger partial charge in [-0.3, -0.25) is 4.99 Å². The van der Waals surface area contributed by atoms with Crippen molar-refractivity contribution in [1.29, 1.82) is 5.26 Å². The van der Waals surface area contributed by atoms with Crippen LogP contribution >= 0.6 is 0 Å². The van der Waals surface area contributed by atoms with Gasteiger partial charge >= 0.3 is 6.36 Å². The lowest BCUT2D eigenvalue weighted by Crippen LogP contribution is -2.20. The van der Waals surface area contributed by atoms with Crippen molar-refractivity contribution in [3.8, 4) is 34.4 Å². The summed E-state index contributed by atoms with van der Waals surface area (Å²) in [6, 6.07) is 10.2. The molecule has 3 aromatic rings. The monoisotopic (exact) mass is 528 g/mol. The van der Waals surface area contributed by atoms with E-state index in [2.05, 4.69) is 29.6 Å².